The summed E-state index contributed by atoms with van der Waals surface area (Å²) in [5.41, 5.74) is 8.98. The highest BCUT2D eigenvalue weighted by Gasteiger charge is 2.29. The van der Waals surface area contributed by atoms with Gasteiger partial charge in [0, 0.05) is 18.8 Å². The predicted molar refractivity (Wildman–Crippen MR) is 111 cm³/mol. The van der Waals surface area contributed by atoms with Crippen molar-refractivity contribution in [3.63, 3.8) is 0 Å². The second-order valence-corrected chi connectivity index (χ2v) is 7.82. The summed E-state index contributed by atoms with van der Waals surface area (Å²) >= 11 is 0. The molecule has 2 unspecified atom stereocenters. The van der Waals surface area contributed by atoms with Crippen LogP contribution in [-0.2, 0) is 4.79 Å². The first-order chi connectivity index (χ1) is 13.4. The van der Waals surface area contributed by atoms with Gasteiger partial charge in [-0.1, -0.05) is 44.2 Å². The summed E-state index contributed by atoms with van der Waals surface area (Å²) in [4.78, 5) is 25.9. The van der Waals surface area contributed by atoms with Gasteiger partial charge in [0.25, 0.3) is 0 Å². The summed E-state index contributed by atoms with van der Waals surface area (Å²) in [6.45, 7) is 6.33. The lowest BCUT2D eigenvalue weighted by Crippen LogP contribution is -2.34. The molecule has 3 N–H and O–H groups in total. The first-order valence-electron chi connectivity index (χ1n) is 9.85. The Labute approximate surface area is 166 Å². The fourth-order valence-corrected chi connectivity index (χ4v) is 4.12. The minimum absolute atomic E-state index is 0.122. The van der Waals surface area contributed by atoms with Crippen LogP contribution >= 0.6 is 0 Å². The van der Waals surface area contributed by atoms with Crippen molar-refractivity contribution in [2.75, 3.05) is 18.0 Å². The standard InChI is InChI=1S/C23H28N2O3/c1-15-11-13-25(14-12-15)20-6-4-3-5-19(20)16(2)21(22(24)26)17-7-9-18(10-8-17)23(27)28/h3-10,15-16,21H,11-14H2,1-2H3,(H2,24,26)(H,27,28). The lowest BCUT2D eigenvalue weighted by atomic mass is 9.81. The lowest BCUT2D eigenvalue weighted by Gasteiger charge is -2.35. The Hall–Kier alpha value is -2.82. The molecule has 0 spiro atoms. The van der Waals surface area contributed by atoms with Gasteiger partial charge in [0.1, 0.15) is 0 Å². The number of piperidine rings is 1. The SMILES string of the molecule is CC1CCN(c2ccccc2C(C)C(C(N)=O)c2ccc(C(=O)O)cc2)CC1. The van der Waals surface area contributed by atoms with Crippen molar-refractivity contribution in [3.05, 3.63) is 65.2 Å². The van der Waals surface area contributed by atoms with Crippen molar-refractivity contribution >= 4 is 17.6 Å². The van der Waals surface area contributed by atoms with Gasteiger partial charge >= 0.3 is 5.97 Å². The molecule has 1 aliphatic rings. The second-order valence-electron chi connectivity index (χ2n) is 7.82. The van der Waals surface area contributed by atoms with E-state index in [1.165, 1.54) is 25.0 Å². The predicted octanol–water partition coefficient (Wildman–Crippen LogP) is 3.99. The van der Waals surface area contributed by atoms with E-state index in [9.17, 15) is 9.59 Å². The molecule has 5 nitrogen and oxygen atoms in total. The van der Waals surface area contributed by atoms with E-state index in [1.807, 2.05) is 19.1 Å². The molecular formula is C23H28N2O3. The first-order valence-corrected chi connectivity index (χ1v) is 9.85. The Balaban J connectivity index is 1.93. The number of carboxylic acid groups (broad SMARTS) is 1. The molecular weight excluding hydrogens is 352 g/mol. The Morgan fingerprint density at radius 2 is 1.68 bits per heavy atom. The molecule has 1 heterocycles. The van der Waals surface area contributed by atoms with Crippen LogP contribution in [0.2, 0.25) is 0 Å². The van der Waals surface area contributed by atoms with Crippen LogP contribution in [-0.4, -0.2) is 30.1 Å². The normalized spacial score (nSPS) is 17.1. The Kier molecular flexibility index (Phi) is 6.02. The van der Waals surface area contributed by atoms with Crippen LogP contribution in [0.3, 0.4) is 0 Å². The van der Waals surface area contributed by atoms with Gasteiger partial charge in [0.05, 0.1) is 11.5 Å². The molecule has 0 bridgehead atoms. The number of carbonyl (C=O) groups is 2. The van der Waals surface area contributed by atoms with Gasteiger partial charge < -0.3 is 15.7 Å². The van der Waals surface area contributed by atoms with Crippen LogP contribution in [0.15, 0.2) is 48.5 Å². The highest BCUT2D eigenvalue weighted by Crippen LogP contribution is 2.38. The third kappa shape index (κ3) is 4.19. The fourth-order valence-electron chi connectivity index (χ4n) is 4.12. The summed E-state index contributed by atoms with van der Waals surface area (Å²) in [6, 6.07) is 14.7. The van der Waals surface area contributed by atoms with E-state index in [0.717, 1.165) is 35.8 Å². The maximum atomic E-state index is 12.4. The quantitative estimate of drug-likeness (QED) is 0.793. The van der Waals surface area contributed by atoms with E-state index >= 15 is 0 Å². The minimum Gasteiger partial charge on any atom is -0.478 e. The molecule has 0 aromatic heterocycles. The Morgan fingerprint density at radius 3 is 2.25 bits per heavy atom. The van der Waals surface area contributed by atoms with Gasteiger partial charge in [-0.25, -0.2) is 4.79 Å². The molecule has 0 aliphatic carbocycles. The van der Waals surface area contributed by atoms with Gasteiger partial charge in [-0.3, -0.25) is 4.79 Å². The number of amides is 1. The summed E-state index contributed by atoms with van der Waals surface area (Å²) < 4.78 is 0. The number of rotatable bonds is 6. The minimum atomic E-state index is -0.986. The molecule has 0 radical (unpaired) electrons. The average molecular weight is 380 g/mol. The van der Waals surface area contributed by atoms with Gasteiger partial charge in [0.2, 0.25) is 5.91 Å². The van der Waals surface area contributed by atoms with Crippen molar-refractivity contribution in [1.29, 1.82) is 0 Å². The average Bonchev–Trinajstić information content (AvgIpc) is 2.69. The molecule has 148 valence electrons. The number of hydrogen-bond donors (Lipinski definition) is 2. The second kappa shape index (κ2) is 8.46. The molecule has 3 rings (SSSR count). The van der Waals surface area contributed by atoms with E-state index in [4.69, 9.17) is 10.8 Å². The van der Waals surface area contributed by atoms with E-state index in [1.54, 1.807) is 12.1 Å². The Morgan fingerprint density at radius 1 is 1.07 bits per heavy atom. The molecule has 2 aromatic carbocycles. The number of primary amides is 1. The maximum Gasteiger partial charge on any atom is 0.335 e. The summed E-state index contributed by atoms with van der Waals surface area (Å²) in [7, 11) is 0. The smallest absolute Gasteiger partial charge is 0.335 e. The van der Waals surface area contributed by atoms with Gasteiger partial charge in [-0.2, -0.15) is 0 Å². The van der Waals surface area contributed by atoms with Gasteiger partial charge in [0.15, 0.2) is 0 Å². The number of anilines is 1. The molecule has 1 amide bonds. The molecule has 28 heavy (non-hydrogen) atoms. The fraction of sp³-hybridized carbons (Fsp3) is 0.391. The zero-order chi connectivity index (χ0) is 20.3. The van der Waals surface area contributed by atoms with Crippen LogP contribution in [0, 0.1) is 5.92 Å². The molecule has 2 aromatic rings. The Bertz CT molecular complexity index is 839. The van der Waals surface area contributed by atoms with Crippen LogP contribution < -0.4 is 10.6 Å². The van der Waals surface area contributed by atoms with Crippen LogP contribution in [0.1, 0.15) is 60.0 Å². The molecule has 2 atom stereocenters. The topological polar surface area (TPSA) is 83.6 Å². The number of benzene rings is 2. The van der Waals surface area contributed by atoms with Gasteiger partial charge in [-0.15, -0.1) is 0 Å². The summed E-state index contributed by atoms with van der Waals surface area (Å²) in [6.07, 6.45) is 2.33. The van der Waals surface area contributed by atoms with Crippen LogP contribution in [0.25, 0.3) is 0 Å². The molecule has 5 heteroatoms. The number of nitrogens with zero attached hydrogens (tertiary/aromatic N) is 1. The van der Waals surface area contributed by atoms with E-state index in [0.29, 0.717) is 0 Å². The van der Waals surface area contributed by atoms with E-state index in [2.05, 4.69) is 24.0 Å². The highest BCUT2D eigenvalue weighted by molar-refractivity contribution is 5.88. The highest BCUT2D eigenvalue weighted by atomic mass is 16.4. The molecule has 1 saturated heterocycles. The number of carbonyl (C=O) groups excluding carboxylic acids is 1. The number of para-hydroxylation sites is 1. The van der Waals surface area contributed by atoms with Crippen molar-refractivity contribution in [2.45, 2.75) is 38.5 Å². The van der Waals surface area contributed by atoms with Crippen molar-refractivity contribution in [3.8, 4) is 0 Å². The number of aromatic carboxylic acids is 1. The largest absolute Gasteiger partial charge is 0.478 e. The summed E-state index contributed by atoms with van der Waals surface area (Å²) in [5, 5.41) is 9.11. The number of carboxylic acids is 1. The maximum absolute atomic E-state index is 12.4. The third-order valence-corrected chi connectivity index (χ3v) is 5.87. The van der Waals surface area contributed by atoms with Crippen LogP contribution in [0.4, 0.5) is 5.69 Å². The molecule has 0 saturated carbocycles. The van der Waals surface area contributed by atoms with Crippen molar-refractivity contribution in [2.24, 2.45) is 11.7 Å². The van der Waals surface area contributed by atoms with Crippen molar-refractivity contribution in [1.82, 2.24) is 0 Å². The van der Waals surface area contributed by atoms with Gasteiger partial charge in [-0.05, 0) is 54.0 Å². The zero-order valence-electron chi connectivity index (χ0n) is 16.5. The van der Waals surface area contributed by atoms with Crippen LogP contribution in [0.5, 0.6) is 0 Å². The third-order valence-electron chi connectivity index (χ3n) is 5.87. The molecule has 1 fully saturated rings. The molecule has 1 aliphatic heterocycles. The number of nitrogens with two attached hydrogens (primary N) is 1. The number of hydrogen-bond acceptors (Lipinski definition) is 3. The van der Waals surface area contributed by atoms with Crippen molar-refractivity contribution < 1.29 is 14.7 Å². The zero-order valence-corrected chi connectivity index (χ0v) is 16.5. The monoisotopic (exact) mass is 380 g/mol. The summed E-state index contributed by atoms with van der Waals surface area (Å²) in [5.74, 6) is -1.29. The van der Waals surface area contributed by atoms with E-state index in [-0.39, 0.29) is 11.5 Å². The van der Waals surface area contributed by atoms with E-state index < -0.39 is 17.8 Å². The first kappa shape index (κ1) is 19.9. The lowest BCUT2D eigenvalue weighted by molar-refractivity contribution is -0.119.